The number of nitrogens with zero attached hydrogens (tertiary/aromatic N) is 1. The van der Waals surface area contributed by atoms with Gasteiger partial charge >= 0.3 is 5.63 Å². The van der Waals surface area contributed by atoms with Crippen molar-refractivity contribution >= 4 is 21.6 Å². The minimum Gasteiger partial charge on any atom is -0.408 e. The van der Waals surface area contributed by atoms with Crippen molar-refractivity contribution in [3.8, 4) is 0 Å². The standard InChI is InChI=1S/C9H10N2O2S/c1-4-6(3-10)14-8-7(4)9(12)13-5(2)11-8/h3,10H2,1-2H3. The molecule has 0 aliphatic rings. The third kappa shape index (κ3) is 1.25. The lowest BCUT2D eigenvalue weighted by molar-refractivity contribution is 0.467. The van der Waals surface area contributed by atoms with E-state index < -0.39 is 0 Å². The van der Waals surface area contributed by atoms with Crippen molar-refractivity contribution in [3.63, 3.8) is 0 Å². The molecule has 2 heterocycles. The Morgan fingerprint density at radius 3 is 2.86 bits per heavy atom. The van der Waals surface area contributed by atoms with Gasteiger partial charge < -0.3 is 10.2 Å². The van der Waals surface area contributed by atoms with Crippen LogP contribution in [0.5, 0.6) is 0 Å². The number of nitrogens with two attached hydrogens (primary N) is 1. The number of fused-ring (bicyclic) bond motifs is 1. The molecular formula is C9H10N2O2S. The molecule has 2 rings (SSSR count). The minimum atomic E-state index is -0.319. The van der Waals surface area contributed by atoms with Gasteiger partial charge in [0.05, 0.1) is 0 Å². The van der Waals surface area contributed by atoms with E-state index in [1.54, 1.807) is 6.92 Å². The Balaban J connectivity index is 2.92. The second-order valence-corrected chi connectivity index (χ2v) is 4.14. The van der Waals surface area contributed by atoms with Gasteiger partial charge in [-0.1, -0.05) is 0 Å². The number of hydrogen-bond acceptors (Lipinski definition) is 5. The molecule has 0 saturated heterocycles. The molecule has 0 spiro atoms. The van der Waals surface area contributed by atoms with Crippen LogP contribution in [0.3, 0.4) is 0 Å². The highest BCUT2D eigenvalue weighted by Crippen LogP contribution is 2.26. The first kappa shape index (κ1) is 9.36. The summed E-state index contributed by atoms with van der Waals surface area (Å²) in [5.74, 6) is 0.396. The molecule has 0 atom stereocenters. The molecule has 0 radical (unpaired) electrons. The Labute approximate surface area is 84.4 Å². The number of rotatable bonds is 1. The van der Waals surface area contributed by atoms with E-state index in [4.69, 9.17) is 10.2 Å². The van der Waals surface area contributed by atoms with Crippen molar-refractivity contribution in [1.82, 2.24) is 4.98 Å². The van der Waals surface area contributed by atoms with E-state index in [0.29, 0.717) is 17.8 Å². The molecule has 2 N–H and O–H groups in total. The Hall–Kier alpha value is -1.20. The molecule has 0 fully saturated rings. The summed E-state index contributed by atoms with van der Waals surface area (Å²) in [6.45, 7) is 3.97. The topological polar surface area (TPSA) is 69.1 Å². The summed E-state index contributed by atoms with van der Waals surface area (Å²) in [6, 6.07) is 0. The van der Waals surface area contributed by atoms with Crippen molar-refractivity contribution in [2.24, 2.45) is 5.73 Å². The van der Waals surface area contributed by atoms with Gasteiger partial charge in [0.25, 0.3) is 0 Å². The van der Waals surface area contributed by atoms with Gasteiger partial charge in [0, 0.05) is 18.3 Å². The van der Waals surface area contributed by atoms with Crippen LogP contribution in [0.25, 0.3) is 10.2 Å². The molecule has 0 aromatic carbocycles. The van der Waals surface area contributed by atoms with Crippen LogP contribution >= 0.6 is 11.3 Å². The Kier molecular flexibility index (Phi) is 2.13. The lowest BCUT2D eigenvalue weighted by Gasteiger charge is -1.91. The molecule has 5 heteroatoms. The zero-order chi connectivity index (χ0) is 10.3. The highest BCUT2D eigenvalue weighted by molar-refractivity contribution is 7.18. The van der Waals surface area contributed by atoms with E-state index in [2.05, 4.69) is 4.98 Å². The van der Waals surface area contributed by atoms with Gasteiger partial charge in [0.2, 0.25) is 0 Å². The molecule has 4 nitrogen and oxygen atoms in total. The third-order valence-electron chi connectivity index (χ3n) is 2.12. The largest absolute Gasteiger partial charge is 0.408 e. The smallest absolute Gasteiger partial charge is 0.347 e. The lowest BCUT2D eigenvalue weighted by atomic mass is 10.2. The van der Waals surface area contributed by atoms with Gasteiger partial charge in [0.1, 0.15) is 10.2 Å². The molecule has 74 valence electrons. The van der Waals surface area contributed by atoms with E-state index >= 15 is 0 Å². The highest BCUT2D eigenvalue weighted by Gasteiger charge is 2.13. The molecule has 14 heavy (non-hydrogen) atoms. The van der Waals surface area contributed by atoms with Crippen molar-refractivity contribution in [2.45, 2.75) is 20.4 Å². The maximum Gasteiger partial charge on any atom is 0.347 e. The van der Waals surface area contributed by atoms with Crippen molar-refractivity contribution in [1.29, 1.82) is 0 Å². The molecule has 0 aliphatic carbocycles. The number of aryl methyl sites for hydroxylation is 2. The summed E-state index contributed by atoms with van der Waals surface area (Å²) in [5, 5.41) is 0.570. The van der Waals surface area contributed by atoms with E-state index in [0.717, 1.165) is 15.3 Å². The normalized spacial score (nSPS) is 11.1. The molecule has 2 aromatic heterocycles. The second-order valence-electron chi connectivity index (χ2n) is 3.05. The Morgan fingerprint density at radius 1 is 1.50 bits per heavy atom. The van der Waals surface area contributed by atoms with E-state index in [1.165, 1.54) is 11.3 Å². The molecule has 0 bridgehead atoms. The van der Waals surface area contributed by atoms with Crippen LogP contribution in [-0.2, 0) is 6.54 Å². The molecule has 0 saturated carbocycles. The Bertz CT molecular complexity index is 541. The fourth-order valence-corrected chi connectivity index (χ4v) is 2.49. The summed E-state index contributed by atoms with van der Waals surface area (Å²) in [5.41, 5.74) is 6.13. The average Bonchev–Trinajstić information content (AvgIpc) is 2.42. The van der Waals surface area contributed by atoms with E-state index in [-0.39, 0.29) is 5.63 Å². The molecule has 0 amide bonds. The molecular weight excluding hydrogens is 200 g/mol. The predicted molar refractivity (Wildman–Crippen MR) is 55.5 cm³/mol. The van der Waals surface area contributed by atoms with Crippen LogP contribution in [0.1, 0.15) is 16.3 Å². The summed E-state index contributed by atoms with van der Waals surface area (Å²) in [6.07, 6.45) is 0. The maximum absolute atomic E-state index is 11.5. The molecule has 2 aromatic rings. The van der Waals surface area contributed by atoms with Gasteiger partial charge in [-0.25, -0.2) is 9.78 Å². The maximum atomic E-state index is 11.5. The van der Waals surface area contributed by atoms with Crippen LogP contribution in [0, 0.1) is 13.8 Å². The van der Waals surface area contributed by atoms with Crippen LogP contribution < -0.4 is 11.4 Å². The zero-order valence-electron chi connectivity index (χ0n) is 7.96. The minimum absolute atomic E-state index is 0.319. The monoisotopic (exact) mass is 210 g/mol. The summed E-state index contributed by atoms with van der Waals surface area (Å²) in [4.78, 5) is 17.4. The fraction of sp³-hybridized carbons (Fsp3) is 0.333. The second kappa shape index (κ2) is 3.18. The van der Waals surface area contributed by atoms with Crippen LogP contribution in [0.2, 0.25) is 0 Å². The SMILES string of the molecule is Cc1nc2sc(CN)c(C)c2c(=O)o1. The highest BCUT2D eigenvalue weighted by atomic mass is 32.1. The quantitative estimate of drug-likeness (QED) is 0.770. The van der Waals surface area contributed by atoms with Crippen LogP contribution in [-0.4, -0.2) is 4.98 Å². The van der Waals surface area contributed by atoms with Crippen molar-refractivity contribution < 1.29 is 4.42 Å². The first-order chi connectivity index (χ1) is 6.63. The first-order valence-electron chi connectivity index (χ1n) is 4.23. The van der Waals surface area contributed by atoms with Crippen molar-refractivity contribution in [3.05, 3.63) is 26.8 Å². The number of thiophene rings is 1. The van der Waals surface area contributed by atoms with Gasteiger partial charge in [-0.3, -0.25) is 0 Å². The number of hydrogen-bond donors (Lipinski definition) is 1. The predicted octanol–water partition coefficient (Wildman–Crippen LogP) is 1.33. The Morgan fingerprint density at radius 2 is 2.21 bits per heavy atom. The van der Waals surface area contributed by atoms with E-state index in [9.17, 15) is 4.79 Å². The summed E-state index contributed by atoms with van der Waals surface area (Å²) in [7, 11) is 0. The molecule has 0 aliphatic heterocycles. The summed E-state index contributed by atoms with van der Waals surface area (Å²) < 4.78 is 4.93. The van der Waals surface area contributed by atoms with Crippen LogP contribution in [0.15, 0.2) is 9.21 Å². The molecule has 0 unspecified atom stereocenters. The van der Waals surface area contributed by atoms with Gasteiger partial charge in [-0.05, 0) is 12.5 Å². The lowest BCUT2D eigenvalue weighted by Crippen LogP contribution is -2.02. The summed E-state index contributed by atoms with van der Waals surface area (Å²) >= 11 is 1.46. The number of aromatic nitrogens is 1. The average molecular weight is 210 g/mol. The third-order valence-corrected chi connectivity index (χ3v) is 3.32. The van der Waals surface area contributed by atoms with Gasteiger partial charge in [-0.15, -0.1) is 11.3 Å². The zero-order valence-corrected chi connectivity index (χ0v) is 8.77. The van der Waals surface area contributed by atoms with Crippen molar-refractivity contribution in [2.75, 3.05) is 0 Å². The van der Waals surface area contributed by atoms with Gasteiger partial charge in [0.15, 0.2) is 5.89 Å². The van der Waals surface area contributed by atoms with E-state index in [1.807, 2.05) is 6.92 Å². The van der Waals surface area contributed by atoms with Gasteiger partial charge in [-0.2, -0.15) is 0 Å². The van der Waals surface area contributed by atoms with Crippen LogP contribution in [0.4, 0.5) is 0 Å². The fourth-order valence-electron chi connectivity index (χ4n) is 1.41. The first-order valence-corrected chi connectivity index (χ1v) is 5.05.